The van der Waals surface area contributed by atoms with Gasteiger partial charge in [0.2, 0.25) is 0 Å². The zero-order valence-corrected chi connectivity index (χ0v) is 11.2. The number of likely N-dealkylation sites (N-methyl/N-ethyl adjacent to an activating group) is 1. The fraction of sp³-hybridized carbons (Fsp3) is 0.562. The fourth-order valence-corrected chi connectivity index (χ4v) is 3.88. The molecule has 2 nitrogen and oxygen atoms in total. The van der Waals surface area contributed by atoms with E-state index >= 15 is 0 Å². The topological polar surface area (TPSA) is 20.3 Å². The number of carbonyl (C=O) groups excluding carboxylic acids is 1. The lowest BCUT2D eigenvalue weighted by Gasteiger charge is -2.32. The van der Waals surface area contributed by atoms with Gasteiger partial charge >= 0.3 is 0 Å². The second kappa shape index (κ2) is 4.20. The number of nitrogens with zero attached hydrogens (tertiary/aromatic N) is 1. The van der Waals surface area contributed by atoms with Gasteiger partial charge in [-0.1, -0.05) is 37.3 Å². The van der Waals surface area contributed by atoms with E-state index in [1.165, 1.54) is 12.0 Å². The second-order valence-corrected chi connectivity index (χ2v) is 6.27. The second-order valence-electron chi connectivity index (χ2n) is 6.27. The van der Waals surface area contributed by atoms with Gasteiger partial charge in [0.1, 0.15) is 0 Å². The molecule has 1 aromatic rings. The number of hydrogen-bond acceptors (Lipinski definition) is 2. The first kappa shape index (κ1) is 11.9. The molecule has 96 valence electrons. The maximum absolute atomic E-state index is 12.5. The van der Waals surface area contributed by atoms with Gasteiger partial charge in [0.15, 0.2) is 5.78 Å². The Morgan fingerprint density at radius 1 is 1.33 bits per heavy atom. The SMILES string of the molecule is CN(Cc1ccccc1)C1C(=O)C2(C)CCC1C2. The van der Waals surface area contributed by atoms with Crippen LogP contribution in [0.5, 0.6) is 0 Å². The average Bonchev–Trinajstić information content (AvgIpc) is 2.84. The van der Waals surface area contributed by atoms with Crippen LogP contribution in [0.15, 0.2) is 30.3 Å². The predicted molar refractivity (Wildman–Crippen MR) is 72.2 cm³/mol. The highest BCUT2D eigenvalue weighted by atomic mass is 16.1. The summed E-state index contributed by atoms with van der Waals surface area (Å²) < 4.78 is 0. The van der Waals surface area contributed by atoms with E-state index in [2.05, 4.69) is 43.1 Å². The fourth-order valence-electron chi connectivity index (χ4n) is 3.88. The van der Waals surface area contributed by atoms with Crippen LogP contribution in [-0.2, 0) is 11.3 Å². The first-order chi connectivity index (χ1) is 8.60. The van der Waals surface area contributed by atoms with Crippen molar-refractivity contribution in [1.82, 2.24) is 4.90 Å². The Morgan fingerprint density at radius 3 is 2.67 bits per heavy atom. The lowest BCUT2D eigenvalue weighted by atomic mass is 9.83. The number of hydrogen-bond donors (Lipinski definition) is 0. The maximum atomic E-state index is 12.5. The van der Waals surface area contributed by atoms with E-state index in [9.17, 15) is 4.79 Å². The molecule has 0 N–H and O–H groups in total. The summed E-state index contributed by atoms with van der Waals surface area (Å²) in [6.45, 7) is 3.04. The van der Waals surface area contributed by atoms with E-state index in [1.807, 2.05) is 6.07 Å². The van der Waals surface area contributed by atoms with Gasteiger partial charge in [-0.15, -0.1) is 0 Å². The Morgan fingerprint density at radius 2 is 2.06 bits per heavy atom. The van der Waals surface area contributed by atoms with Crippen molar-refractivity contribution in [1.29, 1.82) is 0 Å². The van der Waals surface area contributed by atoms with Gasteiger partial charge in [0.05, 0.1) is 6.04 Å². The summed E-state index contributed by atoms with van der Waals surface area (Å²) in [5.74, 6) is 1.08. The molecule has 0 aliphatic heterocycles. The van der Waals surface area contributed by atoms with Gasteiger partial charge in [-0.25, -0.2) is 0 Å². The standard InChI is InChI=1S/C16H21NO/c1-16-9-8-13(10-16)14(15(16)18)17(2)11-12-6-4-3-5-7-12/h3-7,13-14H,8-11H2,1-2H3. The molecule has 2 heteroatoms. The number of ketones is 1. The lowest BCUT2D eigenvalue weighted by Crippen LogP contribution is -2.44. The minimum Gasteiger partial charge on any atom is -0.297 e. The number of fused-ring (bicyclic) bond motifs is 2. The summed E-state index contributed by atoms with van der Waals surface area (Å²) in [6.07, 6.45) is 3.44. The van der Waals surface area contributed by atoms with Crippen molar-refractivity contribution in [2.24, 2.45) is 11.3 Å². The van der Waals surface area contributed by atoms with Crippen LogP contribution in [0.25, 0.3) is 0 Å². The zero-order chi connectivity index (χ0) is 12.8. The largest absolute Gasteiger partial charge is 0.297 e. The average molecular weight is 243 g/mol. The van der Waals surface area contributed by atoms with Gasteiger partial charge in [-0.05, 0) is 37.8 Å². The molecular formula is C16H21NO. The molecule has 1 aromatic carbocycles. The normalized spacial score (nSPS) is 34.5. The van der Waals surface area contributed by atoms with Crippen LogP contribution in [0.4, 0.5) is 0 Å². The summed E-state index contributed by atoms with van der Waals surface area (Å²) in [5.41, 5.74) is 1.28. The molecule has 0 radical (unpaired) electrons. The zero-order valence-electron chi connectivity index (χ0n) is 11.2. The van der Waals surface area contributed by atoms with Gasteiger partial charge in [0.25, 0.3) is 0 Å². The molecule has 0 spiro atoms. The van der Waals surface area contributed by atoms with Crippen molar-refractivity contribution in [2.75, 3.05) is 7.05 Å². The summed E-state index contributed by atoms with van der Waals surface area (Å²) in [4.78, 5) is 14.7. The molecule has 2 aliphatic carbocycles. The number of carbonyl (C=O) groups is 1. The number of Topliss-reactive ketones (excluding diaryl/α,β-unsaturated/α-hetero) is 1. The van der Waals surface area contributed by atoms with Gasteiger partial charge in [-0.3, -0.25) is 9.69 Å². The van der Waals surface area contributed by atoms with Gasteiger partial charge in [0, 0.05) is 12.0 Å². The quantitative estimate of drug-likeness (QED) is 0.813. The third-order valence-corrected chi connectivity index (χ3v) is 4.84. The Bertz CT molecular complexity index is 455. The van der Waals surface area contributed by atoms with Gasteiger partial charge < -0.3 is 0 Å². The van der Waals surface area contributed by atoms with E-state index in [0.717, 1.165) is 19.4 Å². The summed E-state index contributed by atoms with van der Waals surface area (Å²) in [6, 6.07) is 10.6. The molecule has 0 aromatic heterocycles. The van der Waals surface area contributed by atoms with Crippen molar-refractivity contribution in [3.8, 4) is 0 Å². The monoisotopic (exact) mass is 243 g/mol. The van der Waals surface area contributed by atoms with Crippen molar-refractivity contribution >= 4 is 5.78 Å². The Hall–Kier alpha value is -1.15. The van der Waals surface area contributed by atoms with Crippen molar-refractivity contribution in [3.63, 3.8) is 0 Å². The molecule has 2 saturated carbocycles. The minimum absolute atomic E-state index is 0.0136. The van der Waals surface area contributed by atoms with E-state index in [-0.39, 0.29) is 11.5 Å². The predicted octanol–water partition coefficient (Wildman–Crippen LogP) is 2.88. The van der Waals surface area contributed by atoms with Crippen molar-refractivity contribution in [2.45, 2.75) is 38.8 Å². The Kier molecular flexibility index (Phi) is 2.78. The van der Waals surface area contributed by atoms with E-state index < -0.39 is 0 Å². The molecule has 2 aliphatic rings. The molecule has 3 atom stereocenters. The number of rotatable bonds is 3. The highest BCUT2D eigenvalue weighted by Crippen LogP contribution is 2.52. The molecule has 0 heterocycles. The van der Waals surface area contributed by atoms with Crippen LogP contribution < -0.4 is 0 Å². The van der Waals surface area contributed by atoms with Crippen molar-refractivity contribution < 1.29 is 4.79 Å². The molecule has 2 bridgehead atoms. The lowest BCUT2D eigenvalue weighted by molar-refractivity contribution is -0.131. The van der Waals surface area contributed by atoms with E-state index in [0.29, 0.717) is 11.7 Å². The maximum Gasteiger partial charge on any atom is 0.156 e. The van der Waals surface area contributed by atoms with Crippen molar-refractivity contribution in [3.05, 3.63) is 35.9 Å². The third-order valence-electron chi connectivity index (χ3n) is 4.84. The van der Waals surface area contributed by atoms with Crippen LogP contribution in [0.1, 0.15) is 31.7 Å². The molecular weight excluding hydrogens is 222 g/mol. The van der Waals surface area contributed by atoms with Crippen LogP contribution in [0.2, 0.25) is 0 Å². The first-order valence-corrected chi connectivity index (χ1v) is 6.89. The molecule has 18 heavy (non-hydrogen) atoms. The summed E-state index contributed by atoms with van der Waals surface area (Å²) in [7, 11) is 2.10. The highest BCUT2D eigenvalue weighted by Gasteiger charge is 2.55. The molecule has 0 saturated heterocycles. The first-order valence-electron chi connectivity index (χ1n) is 6.89. The van der Waals surface area contributed by atoms with Gasteiger partial charge in [-0.2, -0.15) is 0 Å². The molecule has 3 rings (SSSR count). The molecule has 0 amide bonds. The van der Waals surface area contributed by atoms with Crippen LogP contribution in [-0.4, -0.2) is 23.8 Å². The highest BCUT2D eigenvalue weighted by molar-refractivity contribution is 5.93. The molecule has 2 fully saturated rings. The van der Waals surface area contributed by atoms with Crippen LogP contribution in [0, 0.1) is 11.3 Å². The smallest absolute Gasteiger partial charge is 0.156 e. The summed E-state index contributed by atoms with van der Waals surface area (Å²) in [5, 5.41) is 0. The van der Waals surface area contributed by atoms with Crippen LogP contribution >= 0.6 is 0 Å². The number of benzene rings is 1. The third kappa shape index (κ3) is 1.79. The Labute approximate surface area is 109 Å². The van der Waals surface area contributed by atoms with E-state index in [4.69, 9.17) is 0 Å². The summed E-state index contributed by atoms with van der Waals surface area (Å²) >= 11 is 0. The minimum atomic E-state index is -0.0136. The van der Waals surface area contributed by atoms with Crippen LogP contribution in [0.3, 0.4) is 0 Å². The molecule has 3 unspecified atom stereocenters. The Balaban J connectivity index is 1.74. The van der Waals surface area contributed by atoms with E-state index in [1.54, 1.807) is 0 Å².